The normalized spacial score (nSPS) is 11.6. The van der Waals surface area contributed by atoms with E-state index in [0.717, 1.165) is 82.9 Å². The molecule has 0 fully saturated rings. The Bertz CT molecular complexity index is 2610. The van der Waals surface area contributed by atoms with Crippen molar-refractivity contribution in [3.8, 4) is 27.9 Å². The summed E-state index contributed by atoms with van der Waals surface area (Å²) in [5.74, 6) is 0. The average molecular weight is 604 g/mol. The molecule has 222 valence electrons. The van der Waals surface area contributed by atoms with E-state index in [1.165, 1.54) is 10.8 Å². The summed E-state index contributed by atoms with van der Waals surface area (Å²) in [6.07, 6.45) is 0. The molecule has 0 aliphatic heterocycles. The van der Waals surface area contributed by atoms with Crippen molar-refractivity contribution < 1.29 is 8.83 Å². The second-order valence-corrected chi connectivity index (χ2v) is 11.7. The molecule has 10 aromatic rings. The van der Waals surface area contributed by atoms with E-state index in [0.29, 0.717) is 0 Å². The lowest BCUT2D eigenvalue weighted by atomic mass is 9.98. The number of furan rings is 2. The molecule has 3 aromatic heterocycles. The van der Waals surface area contributed by atoms with Gasteiger partial charge in [-0.1, -0.05) is 103 Å². The zero-order valence-corrected chi connectivity index (χ0v) is 25.6. The van der Waals surface area contributed by atoms with Crippen LogP contribution in [0.25, 0.3) is 93.6 Å². The van der Waals surface area contributed by atoms with Crippen LogP contribution in [0.5, 0.6) is 0 Å². The van der Waals surface area contributed by atoms with E-state index in [9.17, 15) is 0 Å². The Labute approximate surface area is 271 Å². The van der Waals surface area contributed by atoms with Gasteiger partial charge in [0, 0.05) is 49.1 Å². The Hall–Kier alpha value is -6.32. The van der Waals surface area contributed by atoms with E-state index in [4.69, 9.17) is 8.83 Å². The largest absolute Gasteiger partial charge is 0.455 e. The molecular weight excluding hydrogens is 574 g/mol. The zero-order valence-electron chi connectivity index (χ0n) is 25.6. The molecule has 47 heavy (non-hydrogen) atoms. The number of hydrogen-bond acceptors (Lipinski definition) is 2. The molecule has 0 radical (unpaired) electrons. The van der Waals surface area contributed by atoms with Gasteiger partial charge in [0.05, 0.1) is 11.0 Å². The van der Waals surface area contributed by atoms with Crippen LogP contribution in [0.3, 0.4) is 0 Å². The van der Waals surface area contributed by atoms with Crippen molar-refractivity contribution in [1.29, 1.82) is 0 Å². The maximum atomic E-state index is 6.44. The topological polar surface area (TPSA) is 31.2 Å². The number of para-hydroxylation sites is 5. The third-order valence-electron chi connectivity index (χ3n) is 9.21. The van der Waals surface area contributed by atoms with Gasteiger partial charge in [-0.05, 0) is 59.7 Å². The maximum Gasteiger partial charge on any atom is 0.143 e. The minimum absolute atomic E-state index is 0.908. The van der Waals surface area contributed by atoms with Crippen molar-refractivity contribution in [2.75, 3.05) is 0 Å². The first-order valence-corrected chi connectivity index (χ1v) is 15.8. The molecule has 0 saturated carbocycles. The Balaban J connectivity index is 0.00000149. The fraction of sp³-hybridized carbons (Fsp3) is 0. The van der Waals surface area contributed by atoms with Gasteiger partial charge < -0.3 is 13.4 Å². The summed E-state index contributed by atoms with van der Waals surface area (Å²) in [6.45, 7) is 6.00. The summed E-state index contributed by atoms with van der Waals surface area (Å²) >= 11 is 0. The fourth-order valence-electron chi connectivity index (χ4n) is 7.16. The molecule has 3 heteroatoms. The van der Waals surface area contributed by atoms with Crippen molar-refractivity contribution >= 4 is 65.7 Å². The molecule has 0 bridgehead atoms. The van der Waals surface area contributed by atoms with Crippen LogP contribution in [0.15, 0.2) is 174 Å². The van der Waals surface area contributed by atoms with E-state index >= 15 is 0 Å². The van der Waals surface area contributed by atoms with E-state index in [1.807, 2.05) is 24.3 Å². The minimum atomic E-state index is 0.908. The molecule has 0 N–H and O–H groups in total. The van der Waals surface area contributed by atoms with E-state index in [-0.39, 0.29) is 0 Å². The van der Waals surface area contributed by atoms with Gasteiger partial charge >= 0.3 is 0 Å². The van der Waals surface area contributed by atoms with Crippen LogP contribution in [-0.2, 0) is 0 Å². The molecule has 10 rings (SSSR count). The zero-order chi connectivity index (χ0) is 31.5. The van der Waals surface area contributed by atoms with Crippen molar-refractivity contribution in [2.45, 2.75) is 0 Å². The number of benzene rings is 7. The monoisotopic (exact) mass is 603 g/mol. The highest BCUT2D eigenvalue weighted by molar-refractivity contribution is 6.15. The molecule has 0 spiro atoms. The molecule has 0 aliphatic rings. The Morgan fingerprint density at radius 3 is 1.34 bits per heavy atom. The lowest BCUT2D eigenvalue weighted by molar-refractivity contribution is 0.669. The quantitative estimate of drug-likeness (QED) is 0.188. The highest BCUT2D eigenvalue weighted by atomic mass is 16.3. The van der Waals surface area contributed by atoms with Gasteiger partial charge in [0.15, 0.2) is 0 Å². The molecule has 7 aromatic carbocycles. The summed E-state index contributed by atoms with van der Waals surface area (Å²) < 4.78 is 15.2. The molecule has 0 amide bonds. The van der Waals surface area contributed by atoms with Crippen LogP contribution in [0.4, 0.5) is 0 Å². The number of nitrogens with zero attached hydrogens (tertiary/aromatic N) is 1. The van der Waals surface area contributed by atoms with E-state index in [2.05, 4.69) is 145 Å². The molecule has 0 unspecified atom stereocenters. The standard InChI is InChI=1S/C42H25NO2.C2H4/c1-2-10-28(11-3-1)43-37-22-20-26(29-14-8-16-33-31-12-4-6-18-39(31)44-41(29)33)24-35(37)36-25-27(21-23-38(36)43)30-15-9-17-34-32-13-5-7-19-40(32)45-42(30)34;1-2/h1-25H;1-2H2. The van der Waals surface area contributed by atoms with Gasteiger partial charge in [-0.25, -0.2) is 0 Å². The van der Waals surface area contributed by atoms with Crippen LogP contribution in [0.1, 0.15) is 0 Å². The van der Waals surface area contributed by atoms with E-state index in [1.54, 1.807) is 0 Å². The van der Waals surface area contributed by atoms with Crippen LogP contribution >= 0.6 is 0 Å². The maximum absolute atomic E-state index is 6.44. The fourth-order valence-corrected chi connectivity index (χ4v) is 7.16. The summed E-state index contributed by atoms with van der Waals surface area (Å²) in [7, 11) is 0. The van der Waals surface area contributed by atoms with Gasteiger partial charge in [-0.2, -0.15) is 0 Å². The van der Waals surface area contributed by atoms with Gasteiger partial charge in [0.1, 0.15) is 22.3 Å². The number of rotatable bonds is 3. The second kappa shape index (κ2) is 10.6. The molecule has 3 nitrogen and oxygen atoms in total. The number of fused-ring (bicyclic) bond motifs is 9. The lowest BCUT2D eigenvalue weighted by Gasteiger charge is -2.09. The summed E-state index contributed by atoms with van der Waals surface area (Å²) in [4.78, 5) is 0. The third-order valence-corrected chi connectivity index (χ3v) is 9.21. The summed E-state index contributed by atoms with van der Waals surface area (Å²) in [5.41, 5.74) is 11.6. The van der Waals surface area contributed by atoms with Gasteiger partial charge in [0.2, 0.25) is 0 Å². The predicted molar refractivity (Wildman–Crippen MR) is 197 cm³/mol. The molecule has 0 aliphatic carbocycles. The smallest absolute Gasteiger partial charge is 0.143 e. The Morgan fingerprint density at radius 1 is 0.383 bits per heavy atom. The minimum Gasteiger partial charge on any atom is -0.455 e. The molecule has 0 saturated heterocycles. The van der Waals surface area contributed by atoms with Crippen molar-refractivity contribution in [3.05, 3.63) is 165 Å². The number of aromatic nitrogens is 1. The van der Waals surface area contributed by atoms with Crippen molar-refractivity contribution in [3.63, 3.8) is 0 Å². The second-order valence-electron chi connectivity index (χ2n) is 11.7. The van der Waals surface area contributed by atoms with Gasteiger partial charge in [-0.3, -0.25) is 0 Å². The Kier molecular flexibility index (Phi) is 6.12. The molecular formula is C44H29NO2. The molecule has 0 atom stereocenters. The average Bonchev–Trinajstić information content (AvgIpc) is 3.82. The first-order chi connectivity index (χ1) is 23.3. The van der Waals surface area contributed by atoms with Crippen LogP contribution in [0.2, 0.25) is 0 Å². The lowest BCUT2D eigenvalue weighted by Crippen LogP contribution is -1.93. The van der Waals surface area contributed by atoms with Gasteiger partial charge in [-0.15, -0.1) is 13.2 Å². The number of hydrogen-bond donors (Lipinski definition) is 0. The van der Waals surface area contributed by atoms with Crippen molar-refractivity contribution in [1.82, 2.24) is 4.57 Å². The van der Waals surface area contributed by atoms with E-state index < -0.39 is 0 Å². The van der Waals surface area contributed by atoms with Gasteiger partial charge in [0.25, 0.3) is 0 Å². The Morgan fingerprint density at radius 2 is 0.830 bits per heavy atom. The van der Waals surface area contributed by atoms with Crippen LogP contribution in [0, 0.1) is 0 Å². The summed E-state index contributed by atoms with van der Waals surface area (Å²) in [5, 5.41) is 6.93. The SMILES string of the molecule is C=C.c1ccc(-n2c3ccc(-c4cccc5c4oc4ccccc45)cc3c3cc(-c4cccc5c4oc4ccccc45)ccc32)cc1. The van der Waals surface area contributed by atoms with Crippen LogP contribution < -0.4 is 0 Å². The highest BCUT2D eigenvalue weighted by Gasteiger charge is 2.18. The predicted octanol–water partition coefficient (Wildman–Crippen LogP) is 12.7. The highest BCUT2D eigenvalue weighted by Crippen LogP contribution is 2.42. The summed E-state index contributed by atoms with van der Waals surface area (Å²) in [6, 6.07) is 53.6. The van der Waals surface area contributed by atoms with Crippen molar-refractivity contribution in [2.24, 2.45) is 0 Å². The van der Waals surface area contributed by atoms with Crippen LogP contribution in [-0.4, -0.2) is 4.57 Å². The first kappa shape index (κ1) is 27.0. The first-order valence-electron chi connectivity index (χ1n) is 15.8. The third kappa shape index (κ3) is 4.07. The molecule has 3 heterocycles.